The number of benzene rings is 1. The Morgan fingerprint density at radius 3 is 2.86 bits per heavy atom. The van der Waals surface area contributed by atoms with Crippen LogP contribution in [0.2, 0.25) is 0 Å². The van der Waals surface area contributed by atoms with Gasteiger partial charge < -0.3 is 19.2 Å². The van der Waals surface area contributed by atoms with E-state index in [4.69, 9.17) is 14.3 Å². The molecule has 1 aliphatic heterocycles. The molecule has 1 aliphatic rings. The van der Waals surface area contributed by atoms with Crippen LogP contribution in [0.15, 0.2) is 34.7 Å². The molecule has 1 aromatic carbocycles. The van der Waals surface area contributed by atoms with Gasteiger partial charge in [-0.1, -0.05) is 18.2 Å². The Morgan fingerprint density at radius 2 is 2.14 bits per heavy atom. The van der Waals surface area contributed by atoms with Crippen molar-refractivity contribution >= 4 is 22.8 Å². The van der Waals surface area contributed by atoms with Gasteiger partial charge >= 0.3 is 5.97 Å². The summed E-state index contributed by atoms with van der Waals surface area (Å²) in [5.74, 6) is -1.06. The molecular formula is C16H17NO5. The summed E-state index contributed by atoms with van der Waals surface area (Å²) in [6.07, 6.45) is -0.958. The number of rotatable bonds is 3. The molecule has 0 radical (unpaired) electrons. The predicted octanol–water partition coefficient (Wildman–Crippen LogP) is 1.85. The van der Waals surface area contributed by atoms with Gasteiger partial charge in [-0.05, 0) is 19.1 Å². The zero-order valence-corrected chi connectivity index (χ0v) is 12.2. The van der Waals surface area contributed by atoms with Crippen molar-refractivity contribution in [2.75, 3.05) is 19.7 Å². The lowest BCUT2D eigenvalue weighted by atomic mass is 10.1. The van der Waals surface area contributed by atoms with Crippen LogP contribution >= 0.6 is 0 Å². The number of furan rings is 1. The van der Waals surface area contributed by atoms with Gasteiger partial charge in [0.2, 0.25) is 5.91 Å². The molecule has 0 aliphatic carbocycles. The molecule has 1 saturated heterocycles. The summed E-state index contributed by atoms with van der Waals surface area (Å²) in [5, 5.41) is 9.95. The zero-order chi connectivity index (χ0) is 15.7. The summed E-state index contributed by atoms with van der Waals surface area (Å²) < 4.78 is 10.9. The van der Waals surface area contributed by atoms with Crippen LogP contribution in [0, 0.1) is 0 Å². The van der Waals surface area contributed by atoms with Crippen LogP contribution < -0.4 is 0 Å². The van der Waals surface area contributed by atoms with E-state index in [0.717, 1.165) is 11.0 Å². The number of hydrogen-bond acceptors (Lipinski definition) is 4. The molecule has 2 atom stereocenters. The average molecular weight is 303 g/mol. The molecule has 0 spiro atoms. The third kappa shape index (κ3) is 2.69. The number of carbonyl (C=O) groups excluding carboxylic acids is 1. The Morgan fingerprint density at radius 1 is 1.36 bits per heavy atom. The number of aliphatic carboxylic acids is 1. The summed E-state index contributed by atoms with van der Waals surface area (Å²) in [6.45, 7) is 2.47. The largest absolute Gasteiger partial charge is 0.479 e. The molecule has 1 fully saturated rings. The number of morpholine rings is 1. The Kier molecular flexibility index (Phi) is 3.85. The van der Waals surface area contributed by atoms with Crippen molar-refractivity contribution in [3.63, 3.8) is 0 Å². The van der Waals surface area contributed by atoms with Crippen molar-refractivity contribution in [2.45, 2.75) is 18.9 Å². The summed E-state index contributed by atoms with van der Waals surface area (Å²) in [4.78, 5) is 25.1. The molecule has 6 nitrogen and oxygen atoms in total. The smallest absolute Gasteiger partial charge is 0.334 e. The van der Waals surface area contributed by atoms with E-state index in [0.29, 0.717) is 12.3 Å². The number of fused-ring (bicyclic) bond motifs is 1. The third-order valence-corrected chi connectivity index (χ3v) is 3.90. The summed E-state index contributed by atoms with van der Waals surface area (Å²) in [7, 11) is 0. The highest BCUT2D eigenvalue weighted by molar-refractivity contribution is 5.86. The molecule has 2 heterocycles. The SMILES string of the molecule is CC(C(=O)N1CCOC(C(=O)O)C1)c1cc2ccccc2o1. The van der Waals surface area contributed by atoms with Crippen LogP contribution in [0.25, 0.3) is 11.0 Å². The minimum atomic E-state index is -1.05. The number of hydrogen-bond donors (Lipinski definition) is 1. The maximum atomic E-state index is 12.6. The summed E-state index contributed by atoms with van der Waals surface area (Å²) >= 11 is 0. The molecule has 3 rings (SSSR count). The molecule has 22 heavy (non-hydrogen) atoms. The van der Waals surface area contributed by atoms with E-state index in [1.165, 1.54) is 4.90 Å². The highest BCUT2D eigenvalue weighted by atomic mass is 16.5. The first-order valence-electron chi connectivity index (χ1n) is 7.18. The molecule has 2 unspecified atom stereocenters. The van der Waals surface area contributed by atoms with Crippen molar-refractivity contribution in [2.24, 2.45) is 0 Å². The number of amides is 1. The van der Waals surface area contributed by atoms with E-state index in [9.17, 15) is 9.59 Å². The lowest BCUT2D eigenvalue weighted by Crippen LogP contribution is -2.49. The number of carbonyl (C=O) groups is 2. The second-order valence-electron chi connectivity index (χ2n) is 5.39. The van der Waals surface area contributed by atoms with Crippen molar-refractivity contribution in [1.82, 2.24) is 4.90 Å². The maximum absolute atomic E-state index is 12.6. The minimum Gasteiger partial charge on any atom is -0.479 e. The second kappa shape index (κ2) is 5.81. The number of carboxylic acids is 1. The molecule has 1 N–H and O–H groups in total. The first-order chi connectivity index (χ1) is 10.6. The van der Waals surface area contributed by atoms with Gasteiger partial charge in [-0.2, -0.15) is 0 Å². The van der Waals surface area contributed by atoms with Gasteiger partial charge in [-0.3, -0.25) is 4.79 Å². The van der Waals surface area contributed by atoms with E-state index >= 15 is 0 Å². The monoisotopic (exact) mass is 303 g/mol. The van der Waals surface area contributed by atoms with Crippen LogP contribution in [-0.2, 0) is 14.3 Å². The van der Waals surface area contributed by atoms with Gasteiger partial charge in [0.05, 0.1) is 19.1 Å². The highest BCUT2D eigenvalue weighted by Crippen LogP contribution is 2.26. The third-order valence-electron chi connectivity index (χ3n) is 3.90. The molecule has 2 aromatic rings. The van der Waals surface area contributed by atoms with Gasteiger partial charge in [0, 0.05) is 11.9 Å². The normalized spacial score (nSPS) is 20.0. The van der Waals surface area contributed by atoms with Gasteiger partial charge in [-0.15, -0.1) is 0 Å². The van der Waals surface area contributed by atoms with E-state index in [-0.39, 0.29) is 19.1 Å². The van der Waals surface area contributed by atoms with E-state index in [1.807, 2.05) is 30.3 Å². The highest BCUT2D eigenvalue weighted by Gasteiger charge is 2.32. The topological polar surface area (TPSA) is 80.0 Å². The Labute approximate surface area is 127 Å². The second-order valence-corrected chi connectivity index (χ2v) is 5.39. The van der Waals surface area contributed by atoms with Gasteiger partial charge in [0.1, 0.15) is 11.3 Å². The van der Waals surface area contributed by atoms with Crippen LogP contribution in [0.5, 0.6) is 0 Å². The summed E-state index contributed by atoms with van der Waals surface area (Å²) in [6, 6.07) is 9.42. The number of nitrogens with zero attached hydrogens (tertiary/aromatic N) is 1. The zero-order valence-electron chi connectivity index (χ0n) is 12.2. The first-order valence-corrected chi connectivity index (χ1v) is 7.18. The van der Waals surface area contributed by atoms with Gasteiger partial charge in [0.15, 0.2) is 6.10 Å². The maximum Gasteiger partial charge on any atom is 0.334 e. The fraction of sp³-hybridized carbons (Fsp3) is 0.375. The molecule has 0 saturated carbocycles. The molecule has 6 heteroatoms. The standard InChI is InChI=1S/C16H17NO5/c1-10(13-8-11-4-2-3-5-12(11)22-13)15(18)17-6-7-21-14(9-17)16(19)20/h2-5,8,10,14H,6-7,9H2,1H3,(H,19,20). The molecular weight excluding hydrogens is 286 g/mol. The van der Waals surface area contributed by atoms with E-state index in [1.54, 1.807) is 6.92 Å². The number of carboxylic acid groups (broad SMARTS) is 1. The Hall–Kier alpha value is -2.34. The number of ether oxygens (including phenoxy) is 1. The molecule has 116 valence electrons. The van der Waals surface area contributed by atoms with Crippen molar-refractivity contribution in [1.29, 1.82) is 0 Å². The van der Waals surface area contributed by atoms with Crippen LogP contribution in [0.4, 0.5) is 0 Å². The number of para-hydroxylation sites is 1. The average Bonchev–Trinajstić information content (AvgIpc) is 2.97. The Balaban J connectivity index is 1.77. The van der Waals surface area contributed by atoms with E-state index in [2.05, 4.69) is 0 Å². The molecule has 1 aromatic heterocycles. The van der Waals surface area contributed by atoms with Gasteiger partial charge in [-0.25, -0.2) is 4.79 Å². The van der Waals surface area contributed by atoms with Crippen LogP contribution in [-0.4, -0.2) is 47.7 Å². The van der Waals surface area contributed by atoms with Gasteiger partial charge in [0.25, 0.3) is 0 Å². The fourth-order valence-corrected chi connectivity index (χ4v) is 2.61. The lowest BCUT2D eigenvalue weighted by molar-refractivity contribution is -0.159. The van der Waals surface area contributed by atoms with Crippen LogP contribution in [0.3, 0.4) is 0 Å². The van der Waals surface area contributed by atoms with E-state index < -0.39 is 18.0 Å². The van der Waals surface area contributed by atoms with Crippen molar-refractivity contribution < 1.29 is 23.8 Å². The first kappa shape index (κ1) is 14.6. The van der Waals surface area contributed by atoms with Crippen LogP contribution in [0.1, 0.15) is 18.6 Å². The lowest BCUT2D eigenvalue weighted by Gasteiger charge is -2.32. The summed E-state index contributed by atoms with van der Waals surface area (Å²) in [5.41, 5.74) is 0.738. The minimum absolute atomic E-state index is 0.0682. The molecule has 1 amide bonds. The molecule has 0 bridgehead atoms. The quantitative estimate of drug-likeness (QED) is 0.936. The predicted molar refractivity (Wildman–Crippen MR) is 78.6 cm³/mol. The van der Waals surface area contributed by atoms with Crippen molar-refractivity contribution in [3.8, 4) is 0 Å². The van der Waals surface area contributed by atoms with Crippen molar-refractivity contribution in [3.05, 3.63) is 36.1 Å². The Bertz CT molecular complexity index is 674. The fourth-order valence-electron chi connectivity index (χ4n) is 2.61.